The quantitative estimate of drug-likeness (QED) is 0.734. The number of hydrogen-bond donors (Lipinski definition) is 1. The average Bonchev–Trinajstić information content (AvgIpc) is 3.26. The van der Waals surface area contributed by atoms with E-state index in [0.717, 1.165) is 36.0 Å². The Bertz CT molecular complexity index is 404. The maximum Gasteiger partial charge on any atom is 0.123 e. The molecule has 4 nitrogen and oxygen atoms in total. The van der Waals surface area contributed by atoms with Crippen molar-refractivity contribution in [3.63, 3.8) is 0 Å². The summed E-state index contributed by atoms with van der Waals surface area (Å²) in [6.45, 7) is 1.31. The van der Waals surface area contributed by atoms with Crippen LogP contribution >= 0.6 is 0 Å². The van der Waals surface area contributed by atoms with Crippen molar-refractivity contribution in [2.24, 2.45) is 11.7 Å². The Balaban J connectivity index is 1.89. The molecule has 0 spiro atoms. The first kappa shape index (κ1) is 14.2. The van der Waals surface area contributed by atoms with E-state index in [0.29, 0.717) is 6.61 Å². The fourth-order valence-electron chi connectivity index (χ4n) is 2.09. The van der Waals surface area contributed by atoms with E-state index in [1.165, 1.54) is 12.8 Å². The molecule has 0 radical (unpaired) electrons. The van der Waals surface area contributed by atoms with Gasteiger partial charge in [-0.1, -0.05) is 12.8 Å². The third kappa shape index (κ3) is 4.11. The molecule has 1 unspecified atom stereocenters. The third-order valence-corrected chi connectivity index (χ3v) is 3.50. The molecule has 1 aliphatic rings. The zero-order chi connectivity index (χ0) is 13.7. The monoisotopic (exact) mass is 265 g/mol. The van der Waals surface area contributed by atoms with Gasteiger partial charge in [-0.15, -0.1) is 0 Å². The fraction of sp³-hybridized carbons (Fsp3) is 0.600. The molecule has 0 aliphatic heterocycles. The van der Waals surface area contributed by atoms with E-state index in [-0.39, 0.29) is 6.04 Å². The van der Waals surface area contributed by atoms with Crippen LogP contribution in [-0.4, -0.2) is 27.4 Å². The minimum Gasteiger partial charge on any atom is -0.497 e. The SMILES string of the molecule is COc1ccc(OC)c(C(N)COCCC2CC2)c1. The molecule has 106 valence electrons. The molecule has 4 heteroatoms. The van der Waals surface area contributed by atoms with Crippen molar-refractivity contribution in [2.75, 3.05) is 27.4 Å². The number of benzene rings is 1. The average molecular weight is 265 g/mol. The summed E-state index contributed by atoms with van der Waals surface area (Å²) in [5.41, 5.74) is 7.09. The van der Waals surface area contributed by atoms with Gasteiger partial charge in [0.05, 0.1) is 26.9 Å². The summed E-state index contributed by atoms with van der Waals surface area (Å²) in [5.74, 6) is 2.45. The molecule has 19 heavy (non-hydrogen) atoms. The van der Waals surface area contributed by atoms with Crippen molar-refractivity contribution in [3.8, 4) is 11.5 Å². The van der Waals surface area contributed by atoms with Crippen molar-refractivity contribution in [1.29, 1.82) is 0 Å². The first-order chi connectivity index (χ1) is 9.24. The molecule has 0 bridgehead atoms. The number of methoxy groups -OCH3 is 2. The van der Waals surface area contributed by atoms with E-state index in [4.69, 9.17) is 19.9 Å². The summed E-state index contributed by atoms with van der Waals surface area (Å²) >= 11 is 0. The van der Waals surface area contributed by atoms with E-state index in [2.05, 4.69) is 0 Å². The van der Waals surface area contributed by atoms with E-state index >= 15 is 0 Å². The van der Waals surface area contributed by atoms with Gasteiger partial charge >= 0.3 is 0 Å². The van der Waals surface area contributed by atoms with Gasteiger partial charge in [0.2, 0.25) is 0 Å². The second-order valence-corrected chi connectivity index (χ2v) is 5.02. The zero-order valence-corrected chi connectivity index (χ0v) is 11.7. The minimum absolute atomic E-state index is 0.191. The maximum atomic E-state index is 6.17. The van der Waals surface area contributed by atoms with Gasteiger partial charge in [0.15, 0.2) is 0 Å². The number of ether oxygens (including phenoxy) is 3. The molecule has 2 N–H and O–H groups in total. The molecule has 0 heterocycles. The molecule has 1 aliphatic carbocycles. The van der Waals surface area contributed by atoms with Crippen LogP contribution in [0.25, 0.3) is 0 Å². The standard InChI is InChI=1S/C15H23NO3/c1-17-12-5-6-15(18-2)13(9-12)14(16)10-19-8-7-11-3-4-11/h5-6,9,11,14H,3-4,7-8,10,16H2,1-2H3. The Morgan fingerprint density at radius 3 is 2.68 bits per heavy atom. The van der Waals surface area contributed by atoms with Crippen LogP contribution in [0, 0.1) is 5.92 Å². The van der Waals surface area contributed by atoms with Gasteiger partial charge in [0.1, 0.15) is 11.5 Å². The highest BCUT2D eigenvalue weighted by atomic mass is 16.5. The van der Waals surface area contributed by atoms with Crippen LogP contribution in [-0.2, 0) is 4.74 Å². The predicted molar refractivity (Wildman–Crippen MR) is 74.6 cm³/mol. The largest absolute Gasteiger partial charge is 0.497 e. The lowest BCUT2D eigenvalue weighted by Crippen LogP contribution is -2.18. The van der Waals surface area contributed by atoms with E-state index in [1.807, 2.05) is 18.2 Å². The summed E-state index contributed by atoms with van der Waals surface area (Å²) in [7, 11) is 3.29. The van der Waals surface area contributed by atoms with Crippen LogP contribution in [0.1, 0.15) is 30.9 Å². The molecule has 2 rings (SSSR count). The molecule has 1 aromatic carbocycles. The number of nitrogens with two attached hydrogens (primary N) is 1. The molecule has 0 amide bonds. The second-order valence-electron chi connectivity index (χ2n) is 5.02. The Morgan fingerprint density at radius 1 is 1.26 bits per heavy atom. The molecule has 0 aromatic heterocycles. The lowest BCUT2D eigenvalue weighted by Gasteiger charge is -2.17. The van der Waals surface area contributed by atoms with Crippen molar-refractivity contribution in [2.45, 2.75) is 25.3 Å². The highest BCUT2D eigenvalue weighted by Gasteiger charge is 2.21. The van der Waals surface area contributed by atoms with Crippen molar-refractivity contribution in [1.82, 2.24) is 0 Å². The Hall–Kier alpha value is -1.26. The third-order valence-electron chi connectivity index (χ3n) is 3.50. The highest BCUT2D eigenvalue weighted by molar-refractivity contribution is 5.42. The van der Waals surface area contributed by atoms with Crippen molar-refractivity contribution >= 4 is 0 Å². The molecule has 1 atom stereocenters. The Morgan fingerprint density at radius 2 is 2.05 bits per heavy atom. The predicted octanol–water partition coefficient (Wildman–Crippen LogP) is 2.52. The van der Waals surface area contributed by atoms with Crippen LogP contribution < -0.4 is 15.2 Å². The molecule has 1 saturated carbocycles. The highest BCUT2D eigenvalue weighted by Crippen LogP contribution is 2.32. The minimum atomic E-state index is -0.191. The number of hydrogen-bond acceptors (Lipinski definition) is 4. The summed E-state index contributed by atoms with van der Waals surface area (Å²) in [6, 6.07) is 5.46. The smallest absolute Gasteiger partial charge is 0.123 e. The van der Waals surface area contributed by atoms with E-state index < -0.39 is 0 Å². The van der Waals surface area contributed by atoms with Crippen LogP contribution in [0.4, 0.5) is 0 Å². The molecule has 1 aromatic rings. The van der Waals surface area contributed by atoms with Gasteiger partial charge in [-0.05, 0) is 30.5 Å². The Labute approximate surface area is 114 Å². The van der Waals surface area contributed by atoms with Gasteiger partial charge in [-0.2, -0.15) is 0 Å². The topological polar surface area (TPSA) is 53.7 Å². The van der Waals surface area contributed by atoms with Gasteiger partial charge in [0, 0.05) is 12.2 Å². The van der Waals surface area contributed by atoms with Crippen molar-refractivity contribution < 1.29 is 14.2 Å². The zero-order valence-electron chi connectivity index (χ0n) is 11.7. The lowest BCUT2D eigenvalue weighted by atomic mass is 10.1. The van der Waals surface area contributed by atoms with Crippen LogP contribution in [0.5, 0.6) is 11.5 Å². The van der Waals surface area contributed by atoms with Gasteiger partial charge in [0.25, 0.3) is 0 Å². The fourth-order valence-corrected chi connectivity index (χ4v) is 2.09. The number of rotatable bonds is 8. The molecule has 0 saturated heterocycles. The summed E-state index contributed by atoms with van der Waals surface area (Å²) in [5, 5.41) is 0. The van der Waals surface area contributed by atoms with E-state index in [9.17, 15) is 0 Å². The lowest BCUT2D eigenvalue weighted by molar-refractivity contribution is 0.115. The van der Waals surface area contributed by atoms with Crippen LogP contribution in [0.3, 0.4) is 0 Å². The molecular weight excluding hydrogens is 242 g/mol. The van der Waals surface area contributed by atoms with Gasteiger partial charge in [-0.3, -0.25) is 0 Å². The second kappa shape index (κ2) is 6.78. The summed E-state index contributed by atoms with van der Waals surface area (Å²) in [4.78, 5) is 0. The maximum absolute atomic E-state index is 6.17. The summed E-state index contributed by atoms with van der Waals surface area (Å²) in [6.07, 6.45) is 3.88. The van der Waals surface area contributed by atoms with Gasteiger partial charge in [-0.25, -0.2) is 0 Å². The van der Waals surface area contributed by atoms with E-state index in [1.54, 1.807) is 14.2 Å². The first-order valence-corrected chi connectivity index (χ1v) is 6.80. The van der Waals surface area contributed by atoms with Crippen LogP contribution in [0.2, 0.25) is 0 Å². The Kier molecular flexibility index (Phi) is 5.05. The molecule has 1 fully saturated rings. The van der Waals surface area contributed by atoms with Crippen molar-refractivity contribution in [3.05, 3.63) is 23.8 Å². The summed E-state index contributed by atoms with van der Waals surface area (Å²) < 4.78 is 16.2. The van der Waals surface area contributed by atoms with Crippen LogP contribution in [0.15, 0.2) is 18.2 Å². The normalized spacial score (nSPS) is 16.2. The van der Waals surface area contributed by atoms with Gasteiger partial charge < -0.3 is 19.9 Å². The molecular formula is C15H23NO3. The first-order valence-electron chi connectivity index (χ1n) is 6.80.